The largest absolute Gasteiger partial charge is 0.485 e. The first-order valence-corrected chi connectivity index (χ1v) is 10.2. The second-order valence-corrected chi connectivity index (χ2v) is 8.06. The number of hydrogen-bond acceptors (Lipinski definition) is 4. The molecule has 0 amide bonds. The van der Waals surface area contributed by atoms with E-state index in [-0.39, 0.29) is 12.4 Å². The number of ketones is 1. The quantitative estimate of drug-likeness (QED) is 0.364. The van der Waals surface area contributed by atoms with Crippen LogP contribution >= 0.6 is 0 Å². The molecule has 4 aromatic rings. The van der Waals surface area contributed by atoms with Crippen molar-refractivity contribution in [1.29, 1.82) is 0 Å². The van der Waals surface area contributed by atoms with Gasteiger partial charge in [-0.25, -0.2) is 0 Å². The van der Waals surface area contributed by atoms with Crippen LogP contribution in [0.4, 0.5) is 0 Å². The first kappa shape index (κ1) is 19.2. The maximum atomic E-state index is 12.6. The highest BCUT2D eigenvalue weighted by Crippen LogP contribution is 2.39. The van der Waals surface area contributed by atoms with Gasteiger partial charge in [-0.05, 0) is 58.3 Å². The van der Waals surface area contributed by atoms with E-state index in [0.29, 0.717) is 22.8 Å². The minimum absolute atomic E-state index is 0.0433. The molecule has 0 radical (unpaired) electrons. The fourth-order valence-electron chi connectivity index (χ4n) is 3.74. The van der Waals surface area contributed by atoms with Crippen LogP contribution in [-0.4, -0.2) is 18.2 Å². The third-order valence-electron chi connectivity index (χ3n) is 5.28. The van der Waals surface area contributed by atoms with Crippen LogP contribution in [0.1, 0.15) is 24.2 Å². The normalized spacial score (nSPS) is 13.9. The number of benzene rings is 4. The molecule has 1 aliphatic heterocycles. The fourth-order valence-corrected chi connectivity index (χ4v) is 3.74. The van der Waals surface area contributed by atoms with E-state index < -0.39 is 5.79 Å². The van der Waals surface area contributed by atoms with Gasteiger partial charge in [0.25, 0.3) is 0 Å². The van der Waals surface area contributed by atoms with Crippen LogP contribution in [0.15, 0.2) is 84.9 Å². The van der Waals surface area contributed by atoms with Crippen LogP contribution < -0.4 is 14.2 Å². The zero-order chi connectivity index (χ0) is 21.4. The summed E-state index contributed by atoms with van der Waals surface area (Å²) >= 11 is 0. The van der Waals surface area contributed by atoms with Gasteiger partial charge in [-0.3, -0.25) is 4.79 Å². The van der Waals surface area contributed by atoms with E-state index >= 15 is 0 Å². The van der Waals surface area contributed by atoms with E-state index in [1.165, 1.54) is 10.8 Å². The van der Waals surface area contributed by atoms with Crippen LogP contribution in [0.2, 0.25) is 0 Å². The summed E-state index contributed by atoms with van der Waals surface area (Å²) in [6, 6.07) is 27.7. The fraction of sp³-hybridized carbons (Fsp3) is 0.148. The average molecular weight is 410 g/mol. The monoisotopic (exact) mass is 410 g/mol. The molecular weight excluding hydrogens is 388 g/mol. The highest BCUT2D eigenvalue weighted by Gasteiger charge is 2.32. The first-order chi connectivity index (χ1) is 15.0. The summed E-state index contributed by atoms with van der Waals surface area (Å²) in [6.45, 7) is 3.62. The summed E-state index contributed by atoms with van der Waals surface area (Å²) in [4.78, 5) is 12.6. The minimum Gasteiger partial charge on any atom is -0.485 e. The van der Waals surface area contributed by atoms with Gasteiger partial charge >= 0.3 is 0 Å². The molecule has 0 bridgehead atoms. The number of fused-ring (bicyclic) bond motifs is 2. The molecule has 0 atom stereocenters. The predicted octanol–water partition coefficient (Wildman–Crippen LogP) is 6.28. The van der Waals surface area contributed by atoms with Crippen molar-refractivity contribution in [1.82, 2.24) is 0 Å². The summed E-state index contributed by atoms with van der Waals surface area (Å²) in [5, 5.41) is 2.43. The second kappa shape index (κ2) is 7.47. The van der Waals surface area contributed by atoms with Crippen molar-refractivity contribution in [2.24, 2.45) is 0 Å². The molecule has 0 fully saturated rings. The highest BCUT2D eigenvalue weighted by molar-refractivity contribution is 5.98. The summed E-state index contributed by atoms with van der Waals surface area (Å²) in [7, 11) is 0. The molecule has 4 nitrogen and oxygen atoms in total. The molecular formula is C27H22O4. The Kier molecular flexibility index (Phi) is 4.63. The Morgan fingerprint density at radius 3 is 2.29 bits per heavy atom. The van der Waals surface area contributed by atoms with E-state index in [2.05, 4.69) is 30.3 Å². The van der Waals surface area contributed by atoms with Crippen molar-refractivity contribution in [2.75, 3.05) is 6.61 Å². The van der Waals surface area contributed by atoms with Gasteiger partial charge in [-0.15, -0.1) is 0 Å². The lowest BCUT2D eigenvalue weighted by Crippen LogP contribution is -2.29. The lowest BCUT2D eigenvalue weighted by Gasteiger charge is -2.16. The summed E-state index contributed by atoms with van der Waals surface area (Å²) in [5.74, 6) is 1.05. The molecule has 4 heteroatoms. The third-order valence-corrected chi connectivity index (χ3v) is 5.28. The van der Waals surface area contributed by atoms with Gasteiger partial charge in [0.05, 0.1) is 0 Å². The molecule has 4 aromatic carbocycles. The van der Waals surface area contributed by atoms with Gasteiger partial charge in [0.1, 0.15) is 5.75 Å². The van der Waals surface area contributed by atoms with Crippen LogP contribution in [-0.2, 0) is 0 Å². The number of ether oxygens (including phenoxy) is 3. The van der Waals surface area contributed by atoms with Crippen LogP contribution in [0.5, 0.6) is 17.2 Å². The molecule has 0 spiro atoms. The zero-order valence-corrected chi connectivity index (χ0v) is 17.4. The molecule has 31 heavy (non-hydrogen) atoms. The highest BCUT2D eigenvalue weighted by atomic mass is 16.7. The summed E-state index contributed by atoms with van der Waals surface area (Å²) < 4.78 is 17.1. The molecule has 0 saturated carbocycles. The van der Waals surface area contributed by atoms with Gasteiger partial charge in [0, 0.05) is 19.4 Å². The smallest absolute Gasteiger partial charge is 0.246 e. The maximum Gasteiger partial charge on any atom is 0.246 e. The Balaban J connectivity index is 1.25. The van der Waals surface area contributed by atoms with E-state index in [1.54, 1.807) is 18.2 Å². The van der Waals surface area contributed by atoms with Crippen molar-refractivity contribution in [3.8, 4) is 28.4 Å². The summed E-state index contributed by atoms with van der Waals surface area (Å²) in [5.41, 5.74) is 2.78. The van der Waals surface area contributed by atoms with Gasteiger partial charge in [0.2, 0.25) is 5.79 Å². The molecule has 0 unspecified atom stereocenters. The van der Waals surface area contributed by atoms with Gasteiger partial charge < -0.3 is 14.2 Å². The molecule has 0 N–H and O–H groups in total. The van der Waals surface area contributed by atoms with E-state index in [1.807, 2.05) is 50.2 Å². The molecule has 1 aliphatic rings. The number of hydrogen-bond donors (Lipinski definition) is 0. The zero-order valence-electron chi connectivity index (χ0n) is 17.4. The molecule has 0 aromatic heterocycles. The molecule has 1 heterocycles. The van der Waals surface area contributed by atoms with Crippen LogP contribution in [0.3, 0.4) is 0 Å². The van der Waals surface area contributed by atoms with E-state index in [0.717, 1.165) is 11.1 Å². The molecule has 0 aliphatic carbocycles. The Bertz CT molecular complexity index is 1270. The maximum absolute atomic E-state index is 12.6. The summed E-state index contributed by atoms with van der Waals surface area (Å²) in [6.07, 6.45) is 0. The van der Waals surface area contributed by atoms with Gasteiger partial charge in [-0.2, -0.15) is 0 Å². The third kappa shape index (κ3) is 3.97. The van der Waals surface area contributed by atoms with E-state index in [4.69, 9.17) is 14.2 Å². The number of Topliss-reactive ketones (excluding diaryl/α,β-unsaturated/α-hetero) is 1. The van der Waals surface area contributed by atoms with Crippen molar-refractivity contribution < 1.29 is 19.0 Å². The van der Waals surface area contributed by atoms with Crippen LogP contribution in [0, 0.1) is 0 Å². The van der Waals surface area contributed by atoms with Gasteiger partial charge in [0.15, 0.2) is 23.9 Å². The molecule has 5 rings (SSSR count). The van der Waals surface area contributed by atoms with Crippen molar-refractivity contribution in [3.05, 3.63) is 90.5 Å². The standard InChI is InChI=1S/C27H22O4/c1-27(2)30-25-14-11-22(16-26(25)31-27)24(28)17-29-23-12-9-19(10-13-23)21-8-7-18-5-3-4-6-20(18)15-21/h3-16H,17H2,1-2H3. The average Bonchev–Trinajstić information content (AvgIpc) is 3.10. The molecule has 0 saturated heterocycles. The van der Waals surface area contributed by atoms with Crippen LogP contribution in [0.25, 0.3) is 21.9 Å². The Morgan fingerprint density at radius 2 is 1.48 bits per heavy atom. The SMILES string of the molecule is CC1(C)Oc2ccc(C(=O)COc3ccc(-c4ccc5ccccc5c4)cc3)cc2O1. The van der Waals surface area contributed by atoms with Crippen molar-refractivity contribution in [2.45, 2.75) is 19.6 Å². The lowest BCUT2D eigenvalue weighted by molar-refractivity contribution is -0.0431. The number of carbonyl (C=O) groups is 1. The Hall–Kier alpha value is -3.79. The first-order valence-electron chi connectivity index (χ1n) is 10.2. The lowest BCUT2D eigenvalue weighted by atomic mass is 10.0. The predicted molar refractivity (Wildman–Crippen MR) is 121 cm³/mol. The number of rotatable bonds is 5. The van der Waals surface area contributed by atoms with E-state index in [9.17, 15) is 4.79 Å². The number of carbonyl (C=O) groups excluding carboxylic acids is 1. The minimum atomic E-state index is -0.715. The van der Waals surface area contributed by atoms with Gasteiger partial charge in [-0.1, -0.05) is 48.5 Å². The van der Waals surface area contributed by atoms with Crippen molar-refractivity contribution in [3.63, 3.8) is 0 Å². The molecule has 154 valence electrons. The van der Waals surface area contributed by atoms with Crippen molar-refractivity contribution >= 4 is 16.6 Å². The Morgan fingerprint density at radius 1 is 0.774 bits per heavy atom. The Labute approximate surface area is 181 Å². The second-order valence-electron chi connectivity index (χ2n) is 8.06. The topological polar surface area (TPSA) is 44.8 Å².